The SMILES string of the molecule is O=C(Nc1ccc(OC2CCCC2)nc1)N1CCN2CCOCC2C1. The minimum absolute atomic E-state index is 0.0727. The van der Waals surface area contributed by atoms with Gasteiger partial charge >= 0.3 is 6.03 Å². The number of piperazine rings is 1. The zero-order chi connectivity index (χ0) is 17.1. The minimum Gasteiger partial charge on any atom is -0.474 e. The van der Waals surface area contributed by atoms with Crippen LogP contribution in [0.5, 0.6) is 5.88 Å². The molecule has 0 radical (unpaired) electrons. The Labute approximate surface area is 148 Å². The number of fused-ring (bicyclic) bond motifs is 1. The molecule has 25 heavy (non-hydrogen) atoms. The first-order valence-corrected chi connectivity index (χ1v) is 9.28. The lowest BCUT2D eigenvalue weighted by molar-refractivity contribution is -0.0355. The summed E-state index contributed by atoms with van der Waals surface area (Å²) in [5.41, 5.74) is 0.700. The van der Waals surface area contributed by atoms with Crippen molar-refractivity contribution in [2.45, 2.75) is 37.8 Å². The molecular weight excluding hydrogens is 320 g/mol. The van der Waals surface area contributed by atoms with Gasteiger partial charge in [0.1, 0.15) is 6.10 Å². The van der Waals surface area contributed by atoms with Crippen LogP contribution >= 0.6 is 0 Å². The number of nitrogens with zero attached hydrogens (tertiary/aromatic N) is 3. The number of aromatic nitrogens is 1. The molecule has 136 valence electrons. The summed E-state index contributed by atoms with van der Waals surface area (Å²) in [6.45, 7) is 4.84. The highest BCUT2D eigenvalue weighted by Gasteiger charge is 2.31. The van der Waals surface area contributed by atoms with Crippen LogP contribution in [0.4, 0.5) is 10.5 Å². The molecule has 7 heteroatoms. The maximum atomic E-state index is 12.5. The Balaban J connectivity index is 1.29. The van der Waals surface area contributed by atoms with Crippen LogP contribution in [0.3, 0.4) is 0 Å². The van der Waals surface area contributed by atoms with Crippen LogP contribution < -0.4 is 10.1 Å². The predicted molar refractivity (Wildman–Crippen MR) is 93.9 cm³/mol. The van der Waals surface area contributed by atoms with Gasteiger partial charge in [0.25, 0.3) is 0 Å². The van der Waals surface area contributed by atoms with Crippen molar-refractivity contribution >= 4 is 11.7 Å². The van der Waals surface area contributed by atoms with Gasteiger partial charge in [-0.2, -0.15) is 0 Å². The Morgan fingerprint density at radius 3 is 2.92 bits per heavy atom. The first-order chi connectivity index (χ1) is 12.3. The summed E-state index contributed by atoms with van der Waals surface area (Å²) >= 11 is 0. The summed E-state index contributed by atoms with van der Waals surface area (Å²) in [6, 6.07) is 3.93. The molecule has 7 nitrogen and oxygen atoms in total. The number of carbonyl (C=O) groups excluding carboxylic acids is 1. The maximum Gasteiger partial charge on any atom is 0.321 e. The van der Waals surface area contributed by atoms with Gasteiger partial charge in [0.2, 0.25) is 5.88 Å². The molecular formula is C18H26N4O3. The second-order valence-electron chi connectivity index (χ2n) is 7.05. The molecule has 2 saturated heterocycles. The van der Waals surface area contributed by atoms with Crippen LogP contribution in [0.15, 0.2) is 18.3 Å². The van der Waals surface area contributed by atoms with E-state index in [1.54, 1.807) is 6.20 Å². The van der Waals surface area contributed by atoms with Crippen molar-refractivity contribution in [3.63, 3.8) is 0 Å². The van der Waals surface area contributed by atoms with E-state index in [9.17, 15) is 4.79 Å². The van der Waals surface area contributed by atoms with Crippen molar-refractivity contribution in [1.82, 2.24) is 14.8 Å². The quantitative estimate of drug-likeness (QED) is 0.906. The molecule has 1 unspecified atom stereocenters. The van der Waals surface area contributed by atoms with Crippen molar-refractivity contribution in [2.24, 2.45) is 0 Å². The lowest BCUT2D eigenvalue weighted by Crippen LogP contribution is -2.59. The molecule has 0 aromatic carbocycles. The first-order valence-electron chi connectivity index (χ1n) is 9.28. The van der Waals surface area contributed by atoms with Gasteiger partial charge < -0.3 is 19.7 Å². The molecule has 1 aromatic rings. The molecule has 2 aliphatic heterocycles. The second kappa shape index (κ2) is 7.58. The number of pyridine rings is 1. The van der Waals surface area contributed by atoms with E-state index in [2.05, 4.69) is 15.2 Å². The molecule has 2 amide bonds. The minimum atomic E-state index is -0.0727. The fraction of sp³-hybridized carbons (Fsp3) is 0.667. The molecule has 0 spiro atoms. The largest absolute Gasteiger partial charge is 0.474 e. The highest BCUT2D eigenvalue weighted by molar-refractivity contribution is 5.89. The van der Waals surface area contributed by atoms with Gasteiger partial charge in [-0.3, -0.25) is 4.90 Å². The van der Waals surface area contributed by atoms with E-state index in [0.717, 1.165) is 39.1 Å². The van der Waals surface area contributed by atoms with Crippen molar-refractivity contribution < 1.29 is 14.3 Å². The maximum absolute atomic E-state index is 12.5. The number of urea groups is 1. The lowest BCUT2D eigenvalue weighted by atomic mass is 10.1. The van der Waals surface area contributed by atoms with E-state index in [4.69, 9.17) is 9.47 Å². The zero-order valence-electron chi connectivity index (χ0n) is 14.5. The average molecular weight is 346 g/mol. The van der Waals surface area contributed by atoms with Gasteiger partial charge in [-0.25, -0.2) is 9.78 Å². The van der Waals surface area contributed by atoms with Gasteiger partial charge in [-0.15, -0.1) is 0 Å². The van der Waals surface area contributed by atoms with Crippen molar-refractivity contribution in [3.8, 4) is 5.88 Å². The molecule has 3 heterocycles. The molecule has 1 saturated carbocycles. The Bertz CT molecular complexity index is 588. The third-order valence-electron chi connectivity index (χ3n) is 5.30. The fourth-order valence-electron chi connectivity index (χ4n) is 3.83. The lowest BCUT2D eigenvalue weighted by Gasteiger charge is -2.43. The normalized spacial score (nSPS) is 24.8. The van der Waals surface area contributed by atoms with Crippen LogP contribution in [-0.2, 0) is 4.74 Å². The van der Waals surface area contributed by atoms with Gasteiger partial charge in [-0.1, -0.05) is 0 Å². The fourth-order valence-corrected chi connectivity index (χ4v) is 3.83. The predicted octanol–water partition coefficient (Wildman–Crippen LogP) is 1.95. The summed E-state index contributed by atoms with van der Waals surface area (Å²) < 4.78 is 11.4. The molecule has 1 aliphatic carbocycles. The first kappa shape index (κ1) is 16.6. The Morgan fingerprint density at radius 2 is 2.12 bits per heavy atom. The molecule has 3 aliphatic rings. The van der Waals surface area contributed by atoms with Crippen LogP contribution in [0.1, 0.15) is 25.7 Å². The average Bonchev–Trinajstić information content (AvgIpc) is 3.16. The molecule has 3 fully saturated rings. The third-order valence-corrected chi connectivity index (χ3v) is 5.30. The highest BCUT2D eigenvalue weighted by Crippen LogP contribution is 2.23. The summed E-state index contributed by atoms with van der Waals surface area (Å²) in [6.07, 6.45) is 6.65. The summed E-state index contributed by atoms with van der Waals surface area (Å²) in [5, 5.41) is 2.94. The van der Waals surface area contributed by atoms with Crippen molar-refractivity contribution in [1.29, 1.82) is 0 Å². The summed E-state index contributed by atoms with van der Waals surface area (Å²) in [5.74, 6) is 0.637. The Kier molecular flexibility index (Phi) is 5.03. The van der Waals surface area contributed by atoms with Crippen molar-refractivity contribution in [3.05, 3.63) is 18.3 Å². The van der Waals surface area contributed by atoms with Gasteiger partial charge in [0.05, 0.1) is 31.1 Å². The van der Waals surface area contributed by atoms with Crippen LogP contribution in [0, 0.1) is 0 Å². The van der Waals surface area contributed by atoms with Crippen LogP contribution in [-0.4, -0.2) is 72.4 Å². The molecule has 1 N–H and O–H groups in total. The standard InChI is InChI=1S/C18H26N4O3/c23-18(22-8-7-21-9-10-24-13-15(21)12-22)20-14-5-6-17(19-11-14)25-16-3-1-2-4-16/h5-6,11,15-16H,1-4,7-10,12-13H2,(H,20,23). The summed E-state index contributed by atoms with van der Waals surface area (Å²) in [4.78, 5) is 21.1. The van der Waals surface area contributed by atoms with E-state index in [-0.39, 0.29) is 6.03 Å². The van der Waals surface area contributed by atoms with Crippen molar-refractivity contribution in [2.75, 3.05) is 44.7 Å². The van der Waals surface area contributed by atoms with E-state index < -0.39 is 0 Å². The number of anilines is 1. The number of carbonyl (C=O) groups is 1. The van der Waals surface area contributed by atoms with Gasteiger partial charge in [0, 0.05) is 32.2 Å². The van der Waals surface area contributed by atoms with E-state index in [0.29, 0.717) is 36.9 Å². The Hall–Kier alpha value is -1.86. The number of morpholine rings is 1. The number of hydrogen-bond acceptors (Lipinski definition) is 5. The molecule has 0 bridgehead atoms. The van der Waals surface area contributed by atoms with Gasteiger partial charge in [0.15, 0.2) is 0 Å². The van der Waals surface area contributed by atoms with Gasteiger partial charge in [-0.05, 0) is 31.7 Å². The number of amides is 2. The van der Waals surface area contributed by atoms with E-state index in [1.807, 2.05) is 17.0 Å². The smallest absolute Gasteiger partial charge is 0.321 e. The topological polar surface area (TPSA) is 66.9 Å². The zero-order valence-corrected chi connectivity index (χ0v) is 14.5. The highest BCUT2D eigenvalue weighted by atomic mass is 16.5. The summed E-state index contributed by atoms with van der Waals surface area (Å²) in [7, 11) is 0. The number of ether oxygens (including phenoxy) is 2. The van der Waals surface area contributed by atoms with Crippen LogP contribution in [0.2, 0.25) is 0 Å². The monoisotopic (exact) mass is 346 g/mol. The third kappa shape index (κ3) is 4.04. The second-order valence-corrected chi connectivity index (χ2v) is 7.05. The number of rotatable bonds is 3. The molecule has 1 atom stereocenters. The number of nitrogens with one attached hydrogen (secondary N) is 1. The molecule has 1 aromatic heterocycles. The number of hydrogen-bond donors (Lipinski definition) is 1. The van der Waals surface area contributed by atoms with E-state index >= 15 is 0 Å². The van der Waals surface area contributed by atoms with Crippen LogP contribution in [0.25, 0.3) is 0 Å². The Morgan fingerprint density at radius 1 is 1.24 bits per heavy atom. The molecule has 4 rings (SSSR count). The van der Waals surface area contributed by atoms with E-state index in [1.165, 1.54) is 12.8 Å².